The van der Waals surface area contributed by atoms with Crippen molar-refractivity contribution in [2.45, 2.75) is 12.8 Å². The Morgan fingerprint density at radius 1 is 1.00 bits per heavy atom. The van der Waals surface area contributed by atoms with E-state index in [1.807, 2.05) is 0 Å². The van der Waals surface area contributed by atoms with Crippen LogP contribution in [0.25, 0.3) is 0 Å². The molecule has 0 saturated carbocycles. The molecule has 1 aliphatic heterocycles. The molecule has 4 heteroatoms. The fourth-order valence-corrected chi connectivity index (χ4v) is 2.24. The summed E-state index contributed by atoms with van der Waals surface area (Å²) in [5.41, 5.74) is 0. The molecular weight excluding hydrogens is 128 g/mol. The number of hydrogen-bond acceptors (Lipinski definition) is 2. The van der Waals surface area contributed by atoms with Gasteiger partial charge in [0.15, 0.2) is 0 Å². The zero-order valence-electron chi connectivity index (χ0n) is 4.55. The van der Waals surface area contributed by atoms with Gasteiger partial charge in [0, 0.05) is 0 Å². The molecule has 3 nitrogen and oxygen atoms in total. The molecule has 1 rings (SSSR count). The molecule has 0 amide bonds. The van der Waals surface area contributed by atoms with Gasteiger partial charge in [-0.05, 0) is 12.8 Å². The Morgan fingerprint density at radius 3 is 1.50 bits per heavy atom. The minimum absolute atomic E-state index is 0. The minimum atomic E-state index is -2.55. The Hall–Kier alpha value is -0.0900. The zero-order chi connectivity index (χ0) is 5.33. The second kappa shape index (κ2) is 2.46. The van der Waals surface area contributed by atoms with Crippen LogP contribution in [0.2, 0.25) is 0 Å². The molecule has 0 bridgehead atoms. The van der Waals surface area contributed by atoms with Gasteiger partial charge in [0.1, 0.15) is 9.84 Å². The third-order valence-corrected chi connectivity index (χ3v) is 2.98. The lowest BCUT2D eigenvalue weighted by molar-refractivity contribution is 0.602. The molecule has 0 radical (unpaired) electrons. The van der Waals surface area contributed by atoms with Crippen LogP contribution in [0, 0.1) is 0 Å². The van der Waals surface area contributed by atoms with E-state index >= 15 is 0 Å². The van der Waals surface area contributed by atoms with Gasteiger partial charge in [-0.2, -0.15) is 0 Å². The maximum atomic E-state index is 10.4. The van der Waals surface area contributed by atoms with E-state index in [-0.39, 0.29) is 5.48 Å². The molecule has 8 heavy (non-hydrogen) atoms. The Bertz CT molecular complexity index is 135. The molecule has 0 aromatic rings. The van der Waals surface area contributed by atoms with Gasteiger partial charge >= 0.3 is 0 Å². The summed E-state index contributed by atoms with van der Waals surface area (Å²) < 4.78 is 20.9. The summed E-state index contributed by atoms with van der Waals surface area (Å²) in [4.78, 5) is 0. The van der Waals surface area contributed by atoms with Crippen LogP contribution in [0.3, 0.4) is 0 Å². The van der Waals surface area contributed by atoms with Gasteiger partial charge in [-0.1, -0.05) is 0 Å². The van der Waals surface area contributed by atoms with E-state index in [0.29, 0.717) is 11.5 Å². The highest BCUT2D eigenvalue weighted by atomic mass is 32.2. The highest BCUT2D eigenvalue weighted by molar-refractivity contribution is 7.91. The average molecular weight is 138 g/mol. The second-order valence-corrected chi connectivity index (χ2v) is 4.16. The number of sulfone groups is 1. The van der Waals surface area contributed by atoms with Crippen LogP contribution in [0.5, 0.6) is 0 Å². The fourth-order valence-electron chi connectivity index (χ4n) is 0.746. The molecule has 2 N–H and O–H groups in total. The molecule has 1 aliphatic rings. The largest absolute Gasteiger partial charge is 0.412 e. The molecule has 0 aliphatic carbocycles. The van der Waals surface area contributed by atoms with E-state index in [4.69, 9.17) is 0 Å². The Labute approximate surface area is 48.9 Å². The van der Waals surface area contributed by atoms with Crippen LogP contribution >= 0.6 is 0 Å². The lowest BCUT2D eigenvalue weighted by Crippen LogP contribution is -1.98. The van der Waals surface area contributed by atoms with Gasteiger partial charge in [-0.25, -0.2) is 8.42 Å². The monoisotopic (exact) mass is 138 g/mol. The Balaban J connectivity index is 0.000000490. The zero-order valence-corrected chi connectivity index (χ0v) is 5.37. The van der Waals surface area contributed by atoms with Gasteiger partial charge in [-0.3, -0.25) is 0 Å². The topological polar surface area (TPSA) is 65.6 Å². The smallest absolute Gasteiger partial charge is 0.150 e. The molecule has 0 atom stereocenters. The Morgan fingerprint density at radius 2 is 1.38 bits per heavy atom. The van der Waals surface area contributed by atoms with Crippen molar-refractivity contribution in [3.8, 4) is 0 Å². The normalized spacial score (nSPS) is 24.5. The van der Waals surface area contributed by atoms with E-state index in [1.54, 1.807) is 0 Å². The molecule has 0 aromatic carbocycles. The van der Waals surface area contributed by atoms with Crippen LogP contribution in [0.1, 0.15) is 12.8 Å². The molecule has 1 saturated heterocycles. The van der Waals surface area contributed by atoms with Crippen LogP contribution < -0.4 is 0 Å². The van der Waals surface area contributed by atoms with Crippen LogP contribution in [0.15, 0.2) is 0 Å². The van der Waals surface area contributed by atoms with Crippen molar-refractivity contribution in [1.29, 1.82) is 0 Å². The molecule has 0 aromatic heterocycles. The van der Waals surface area contributed by atoms with Gasteiger partial charge in [-0.15, -0.1) is 0 Å². The van der Waals surface area contributed by atoms with Crippen LogP contribution in [-0.4, -0.2) is 25.4 Å². The third-order valence-electron chi connectivity index (χ3n) is 1.16. The summed E-state index contributed by atoms with van der Waals surface area (Å²) in [5.74, 6) is 0.847. The summed E-state index contributed by atoms with van der Waals surface area (Å²) in [6.07, 6.45) is 1.75. The first-order chi connectivity index (χ1) is 3.21. The van der Waals surface area contributed by atoms with E-state index in [1.165, 1.54) is 0 Å². The molecule has 0 spiro atoms. The van der Waals surface area contributed by atoms with Gasteiger partial charge in [0.05, 0.1) is 11.5 Å². The minimum Gasteiger partial charge on any atom is -0.412 e. The van der Waals surface area contributed by atoms with Crippen molar-refractivity contribution < 1.29 is 13.9 Å². The van der Waals surface area contributed by atoms with E-state index in [0.717, 1.165) is 12.8 Å². The second-order valence-electron chi connectivity index (χ2n) is 1.86. The quantitative estimate of drug-likeness (QED) is 0.447. The standard InChI is InChI=1S/C4H8O2S.H2O/c5-7(6)3-1-2-4-7;/h1-4H2;1H2. The molecule has 50 valence electrons. The number of hydrogen-bond donors (Lipinski definition) is 0. The van der Waals surface area contributed by atoms with Crippen molar-refractivity contribution in [3.63, 3.8) is 0 Å². The fraction of sp³-hybridized carbons (Fsp3) is 1.00. The Kier molecular flexibility index (Phi) is 2.43. The lowest BCUT2D eigenvalue weighted by Gasteiger charge is -1.81. The first-order valence-electron chi connectivity index (χ1n) is 2.41. The highest BCUT2D eigenvalue weighted by Gasteiger charge is 2.16. The van der Waals surface area contributed by atoms with Crippen molar-refractivity contribution in [1.82, 2.24) is 0 Å². The highest BCUT2D eigenvalue weighted by Crippen LogP contribution is 2.08. The predicted molar refractivity (Wildman–Crippen MR) is 31.5 cm³/mol. The summed E-state index contributed by atoms with van der Waals surface area (Å²) in [7, 11) is -2.55. The summed E-state index contributed by atoms with van der Waals surface area (Å²) >= 11 is 0. The summed E-state index contributed by atoms with van der Waals surface area (Å²) in [6.45, 7) is 0. The van der Waals surface area contributed by atoms with E-state index < -0.39 is 9.84 Å². The predicted octanol–water partition coefficient (Wildman–Crippen LogP) is -0.630. The third kappa shape index (κ3) is 1.79. The molecule has 1 fully saturated rings. The van der Waals surface area contributed by atoms with Crippen molar-refractivity contribution in [3.05, 3.63) is 0 Å². The maximum Gasteiger partial charge on any atom is 0.150 e. The average Bonchev–Trinajstić information content (AvgIpc) is 1.84. The van der Waals surface area contributed by atoms with Crippen molar-refractivity contribution in [2.24, 2.45) is 0 Å². The number of rotatable bonds is 0. The van der Waals surface area contributed by atoms with Gasteiger partial charge in [0.25, 0.3) is 0 Å². The van der Waals surface area contributed by atoms with Crippen LogP contribution in [-0.2, 0) is 9.84 Å². The van der Waals surface area contributed by atoms with Gasteiger partial charge in [0.2, 0.25) is 0 Å². The molecular formula is C4H10O3S. The molecule has 1 heterocycles. The van der Waals surface area contributed by atoms with Crippen molar-refractivity contribution in [2.75, 3.05) is 11.5 Å². The molecule has 0 unspecified atom stereocenters. The SMILES string of the molecule is O.O=S1(=O)CCCC1. The summed E-state index contributed by atoms with van der Waals surface area (Å²) in [6, 6.07) is 0. The lowest BCUT2D eigenvalue weighted by atomic mass is 10.4. The van der Waals surface area contributed by atoms with Crippen LogP contribution in [0.4, 0.5) is 0 Å². The van der Waals surface area contributed by atoms with E-state index in [9.17, 15) is 8.42 Å². The van der Waals surface area contributed by atoms with E-state index in [2.05, 4.69) is 0 Å². The van der Waals surface area contributed by atoms with Gasteiger partial charge < -0.3 is 5.48 Å². The summed E-state index contributed by atoms with van der Waals surface area (Å²) in [5, 5.41) is 0. The maximum absolute atomic E-state index is 10.4. The first-order valence-corrected chi connectivity index (χ1v) is 4.23. The van der Waals surface area contributed by atoms with Crippen molar-refractivity contribution >= 4 is 9.84 Å². The first kappa shape index (κ1) is 7.91.